The number of rotatable bonds is 3. The third-order valence-corrected chi connectivity index (χ3v) is 5.21. The van der Waals surface area contributed by atoms with Gasteiger partial charge in [-0.3, -0.25) is 4.90 Å². The van der Waals surface area contributed by atoms with Crippen LogP contribution in [0.4, 0.5) is 10.2 Å². The van der Waals surface area contributed by atoms with Crippen LogP contribution in [0.25, 0.3) is 0 Å². The molecule has 0 unspecified atom stereocenters. The van der Waals surface area contributed by atoms with E-state index >= 15 is 0 Å². The fraction of sp³-hybridized carbons (Fsp3) is 0.556. The summed E-state index contributed by atoms with van der Waals surface area (Å²) >= 11 is 0. The number of hydrogen-bond acceptors (Lipinski definition) is 5. The highest BCUT2D eigenvalue weighted by molar-refractivity contribution is 5.41. The molecule has 2 saturated heterocycles. The van der Waals surface area contributed by atoms with Gasteiger partial charge in [0.15, 0.2) is 11.6 Å². The maximum absolute atomic E-state index is 14.1. The molecule has 0 bridgehead atoms. The van der Waals surface area contributed by atoms with Gasteiger partial charge in [0.25, 0.3) is 0 Å². The number of nitrogens with zero attached hydrogens (tertiary/aromatic N) is 5. The van der Waals surface area contributed by atoms with Gasteiger partial charge in [-0.1, -0.05) is 0 Å². The average Bonchev–Trinajstić information content (AvgIpc) is 3.00. The quantitative estimate of drug-likeness (QED) is 0.849. The highest BCUT2D eigenvalue weighted by Crippen LogP contribution is 2.32. The normalized spacial score (nSPS) is 24.8. The number of anilines is 1. The van der Waals surface area contributed by atoms with Crippen molar-refractivity contribution in [3.05, 3.63) is 42.4 Å². The van der Waals surface area contributed by atoms with Gasteiger partial charge >= 0.3 is 0 Å². The molecule has 6 nitrogen and oxygen atoms in total. The van der Waals surface area contributed by atoms with Gasteiger partial charge in [-0.25, -0.2) is 14.4 Å². The zero-order valence-corrected chi connectivity index (χ0v) is 14.6. The minimum absolute atomic E-state index is 0.251. The number of imidazole rings is 1. The maximum Gasteiger partial charge on any atom is 0.165 e. The van der Waals surface area contributed by atoms with Gasteiger partial charge in [0.05, 0.1) is 24.2 Å². The van der Waals surface area contributed by atoms with Gasteiger partial charge in [-0.15, -0.1) is 0 Å². The zero-order valence-electron chi connectivity index (χ0n) is 14.6. The molecular formula is C18H24FN5O. The summed E-state index contributed by atoms with van der Waals surface area (Å²) in [4.78, 5) is 12.9. The topological polar surface area (TPSA) is 46.4 Å². The standard InChI is InChI=1S/C18H24FN5O/c1-22-14-20-10-15(22)11-23-8-9-25-18(12-23)5-3-7-24(13-18)17-16(19)4-2-6-21-17/h2,4,6,10,14H,3,5,7-9,11-13H2,1H3/t18-/m1/s1. The van der Waals surface area contributed by atoms with Crippen LogP contribution in [-0.4, -0.2) is 57.8 Å². The molecule has 1 spiro atoms. The highest BCUT2D eigenvalue weighted by Gasteiger charge is 2.41. The van der Waals surface area contributed by atoms with E-state index in [4.69, 9.17) is 4.74 Å². The van der Waals surface area contributed by atoms with Crippen molar-refractivity contribution in [2.24, 2.45) is 7.05 Å². The average molecular weight is 345 g/mol. The summed E-state index contributed by atoms with van der Waals surface area (Å²) in [7, 11) is 2.02. The molecule has 2 aliphatic rings. The second-order valence-electron chi connectivity index (χ2n) is 7.07. The Hall–Kier alpha value is -1.99. The van der Waals surface area contributed by atoms with Gasteiger partial charge in [0.2, 0.25) is 0 Å². The lowest BCUT2D eigenvalue weighted by Crippen LogP contribution is -2.59. The van der Waals surface area contributed by atoms with E-state index in [1.165, 1.54) is 11.8 Å². The summed E-state index contributed by atoms with van der Waals surface area (Å²) in [5.74, 6) is 0.177. The molecule has 0 N–H and O–H groups in total. The predicted octanol–water partition coefficient (Wildman–Crippen LogP) is 1.83. The molecule has 7 heteroatoms. The summed E-state index contributed by atoms with van der Waals surface area (Å²) < 4.78 is 22.4. The van der Waals surface area contributed by atoms with Crippen molar-refractivity contribution in [2.45, 2.75) is 25.0 Å². The van der Waals surface area contributed by atoms with Crippen molar-refractivity contribution in [3.63, 3.8) is 0 Å². The minimum atomic E-state index is -0.262. The molecule has 0 aliphatic carbocycles. The van der Waals surface area contributed by atoms with Crippen molar-refractivity contribution in [3.8, 4) is 0 Å². The van der Waals surface area contributed by atoms with Crippen molar-refractivity contribution in [1.29, 1.82) is 0 Å². The largest absolute Gasteiger partial charge is 0.370 e. The summed E-state index contributed by atoms with van der Waals surface area (Å²) in [6.45, 7) is 4.83. The molecule has 2 aliphatic heterocycles. The van der Waals surface area contributed by atoms with Crippen LogP contribution in [0.1, 0.15) is 18.5 Å². The first-order valence-corrected chi connectivity index (χ1v) is 8.82. The van der Waals surface area contributed by atoms with Crippen LogP contribution >= 0.6 is 0 Å². The van der Waals surface area contributed by atoms with E-state index in [0.29, 0.717) is 19.0 Å². The van der Waals surface area contributed by atoms with Crippen LogP contribution in [-0.2, 0) is 18.3 Å². The first kappa shape index (κ1) is 16.5. The third-order valence-electron chi connectivity index (χ3n) is 5.21. The van der Waals surface area contributed by atoms with Crippen molar-refractivity contribution < 1.29 is 9.13 Å². The van der Waals surface area contributed by atoms with E-state index in [1.807, 2.05) is 24.5 Å². The number of morpholine rings is 1. The van der Waals surface area contributed by atoms with Crippen LogP contribution < -0.4 is 4.90 Å². The lowest BCUT2D eigenvalue weighted by molar-refractivity contribution is -0.116. The molecule has 2 fully saturated rings. The van der Waals surface area contributed by atoms with Crippen molar-refractivity contribution in [1.82, 2.24) is 19.4 Å². The van der Waals surface area contributed by atoms with Gasteiger partial charge in [-0.2, -0.15) is 0 Å². The number of pyridine rings is 1. The third kappa shape index (κ3) is 3.39. The van der Waals surface area contributed by atoms with Gasteiger partial charge in [0, 0.05) is 52.2 Å². The van der Waals surface area contributed by atoms with Crippen molar-refractivity contribution in [2.75, 3.05) is 37.7 Å². The first-order chi connectivity index (χ1) is 12.2. The highest BCUT2D eigenvalue weighted by atomic mass is 19.1. The number of ether oxygens (including phenoxy) is 1. The molecule has 4 rings (SSSR count). The van der Waals surface area contributed by atoms with E-state index in [0.717, 1.165) is 39.0 Å². The first-order valence-electron chi connectivity index (χ1n) is 8.82. The summed E-state index contributed by atoms with van der Waals surface area (Å²) in [6.07, 6.45) is 7.38. The van der Waals surface area contributed by atoms with E-state index in [1.54, 1.807) is 12.3 Å². The maximum atomic E-state index is 14.1. The van der Waals surface area contributed by atoms with Crippen LogP contribution in [0.2, 0.25) is 0 Å². The summed E-state index contributed by atoms with van der Waals surface area (Å²) in [6, 6.07) is 3.10. The number of aryl methyl sites for hydroxylation is 1. The summed E-state index contributed by atoms with van der Waals surface area (Å²) in [5, 5.41) is 0. The van der Waals surface area contributed by atoms with E-state index in [2.05, 4.69) is 19.4 Å². The Morgan fingerprint density at radius 2 is 2.24 bits per heavy atom. The molecule has 0 amide bonds. The van der Waals surface area contributed by atoms with Crippen LogP contribution in [0.5, 0.6) is 0 Å². The number of aromatic nitrogens is 3. The summed E-state index contributed by atoms with van der Waals surface area (Å²) in [5.41, 5.74) is 0.944. The number of hydrogen-bond donors (Lipinski definition) is 0. The van der Waals surface area contributed by atoms with Crippen LogP contribution in [0.3, 0.4) is 0 Å². The molecule has 2 aromatic rings. The van der Waals surface area contributed by atoms with Gasteiger partial charge in [0.1, 0.15) is 0 Å². The van der Waals surface area contributed by atoms with Gasteiger partial charge < -0.3 is 14.2 Å². The monoisotopic (exact) mass is 345 g/mol. The Morgan fingerprint density at radius 3 is 3.04 bits per heavy atom. The lowest BCUT2D eigenvalue weighted by Gasteiger charge is -2.48. The Kier molecular flexibility index (Phi) is 4.43. The van der Waals surface area contributed by atoms with E-state index < -0.39 is 0 Å². The second-order valence-corrected chi connectivity index (χ2v) is 7.07. The molecular weight excluding hydrogens is 321 g/mol. The van der Waals surface area contributed by atoms with Crippen molar-refractivity contribution >= 4 is 5.82 Å². The molecule has 2 aromatic heterocycles. The molecule has 1 atom stereocenters. The Labute approximate surface area is 147 Å². The molecule has 4 heterocycles. The Balaban J connectivity index is 1.49. The number of halogens is 1. The Morgan fingerprint density at radius 1 is 1.32 bits per heavy atom. The Bertz CT molecular complexity index is 732. The van der Waals surface area contributed by atoms with Crippen LogP contribution in [0.15, 0.2) is 30.9 Å². The molecule has 134 valence electrons. The predicted molar refractivity (Wildman–Crippen MR) is 92.8 cm³/mol. The lowest BCUT2D eigenvalue weighted by atomic mass is 9.90. The molecule has 25 heavy (non-hydrogen) atoms. The minimum Gasteiger partial charge on any atom is -0.370 e. The molecule has 0 aromatic carbocycles. The molecule has 0 radical (unpaired) electrons. The fourth-order valence-corrected chi connectivity index (χ4v) is 3.96. The van der Waals surface area contributed by atoms with Gasteiger partial charge in [-0.05, 0) is 25.0 Å². The fourth-order valence-electron chi connectivity index (χ4n) is 3.96. The zero-order chi connectivity index (χ0) is 17.3. The molecule has 0 saturated carbocycles. The van der Waals surface area contributed by atoms with Crippen LogP contribution in [0, 0.1) is 5.82 Å². The smallest absolute Gasteiger partial charge is 0.165 e. The SMILES string of the molecule is Cn1cncc1CN1CCO[C@]2(CCCN(c3ncccc3F)C2)C1. The number of piperidine rings is 1. The van der Waals surface area contributed by atoms with E-state index in [9.17, 15) is 4.39 Å². The second kappa shape index (κ2) is 6.72. The van der Waals surface area contributed by atoms with E-state index in [-0.39, 0.29) is 11.4 Å².